The van der Waals surface area contributed by atoms with Crippen molar-refractivity contribution in [1.29, 1.82) is 0 Å². The third-order valence-corrected chi connectivity index (χ3v) is 6.48. The van der Waals surface area contributed by atoms with E-state index in [2.05, 4.69) is 27.3 Å². The highest BCUT2D eigenvalue weighted by Gasteiger charge is 2.45. The van der Waals surface area contributed by atoms with Crippen LogP contribution in [0.4, 0.5) is 13.2 Å². The molecule has 1 amide bonds. The van der Waals surface area contributed by atoms with Crippen molar-refractivity contribution in [1.82, 2.24) is 9.80 Å². The Hall–Kier alpha value is -1.65. The molecule has 4 rings (SSSR count). The molecule has 2 atom stereocenters. The zero-order chi connectivity index (χ0) is 21.1. The molecule has 0 saturated carbocycles. The first-order valence-corrected chi connectivity index (χ1v) is 10.5. The average Bonchev–Trinajstić information content (AvgIpc) is 3.38. The van der Waals surface area contributed by atoms with Gasteiger partial charge in [-0.25, -0.2) is 4.79 Å². The number of hydrogen-bond donors (Lipinski definition) is 1. The zero-order valence-corrected chi connectivity index (χ0v) is 16.8. The third-order valence-electron chi connectivity index (χ3n) is 5.62. The smallest absolute Gasteiger partial charge is 0.475 e. The molecule has 3 aliphatic rings. The van der Waals surface area contributed by atoms with Crippen LogP contribution in [0.15, 0.2) is 17.5 Å². The lowest BCUT2D eigenvalue weighted by molar-refractivity contribution is -0.192. The maximum Gasteiger partial charge on any atom is 0.490 e. The first-order chi connectivity index (χ1) is 13.7. The van der Waals surface area contributed by atoms with Crippen LogP contribution < -0.4 is 0 Å². The van der Waals surface area contributed by atoms with Crippen LogP contribution in [0.25, 0.3) is 0 Å². The van der Waals surface area contributed by atoms with Gasteiger partial charge >= 0.3 is 12.1 Å². The molecule has 3 saturated heterocycles. The molecule has 1 aromatic heterocycles. The van der Waals surface area contributed by atoms with Crippen molar-refractivity contribution in [2.24, 2.45) is 0 Å². The second kappa shape index (κ2) is 9.01. The molecule has 1 spiro atoms. The van der Waals surface area contributed by atoms with E-state index in [9.17, 15) is 18.0 Å². The van der Waals surface area contributed by atoms with Crippen LogP contribution in [0.2, 0.25) is 0 Å². The molecule has 0 bridgehead atoms. The first-order valence-electron chi connectivity index (χ1n) is 9.67. The maximum atomic E-state index is 12.0. The summed E-state index contributed by atoms with van der Waals surface area (Å²) in [6.45, 7) is 4.93. The van der Waals surface area contributed by atoms with Gasteiger partial charge in [0.05, 0.1) is 5.60 Å². The normalized spacial score (nSPS) is 27.9. The summed E-state index contributed by atoms with van der Waals surface area (Å²) in [6.07, 6.45) is -0.155. The standard InChI is InChI=1S/C17H24N2O2S.C2HF3O2/c20-16-4-1-7-19(16)14-5-9-21-17(11-14)6-8-18(13-17)12-15-3-2-10-22-15;3-2(4,5)1(6)7/h2-3,10,14H,1,4-9,11-13H2;(H,6,7)/t14-,17-;/m1./s1. The molecule has 0 radical (unpaired) electrons. The number of rotatable bonds is 3. The van der Waals surface area contributed by atoms with Gasteiger partial charge in [0.25, 0.3) is 0 Å². The van der Waals surface area contributed by atoms with Crippen LogP contribution in [0.3, 0.4) is 0 Å². The number of nitrogens with zero attached hydrogens (tertiary/aromatic N) is 2. The largest absolute Gasteiger partial charge is 0.490 e. The van der Waals surface area contributed by atoms with E-state index in [0.29, 0.717) is 11.9 Å². The van der Waals surface area contributed by atoms with Crippen molar-refractivity contribution in [2.45, 2.75) is 56.5 Å². The monoisotopic (exact) mass is 434 g/mol. The minimum atomic E-state index is -5.08. The van der Waals surface area contributed by atoms with Crippen molar-refractivity contribution in [2.75, 3.05) is 26.2 Å². The number of carboxylic acids is 1. The summed E-state index contributed by atoms with van der Waals surface area (Å²) in [5.74, 6) is -2.40. The molecule has 0 aromatic carbocycles. The lowest BCUT2D eigenvalue weighted by atomic mass is 9.89. The Bertz CT molecular complexity index is 713. The van der Waals surface area contributed by atoms with Crippen LogP contribution in [0.1, 0.15) is 37.0 Å². The van der Waals surface area contributed by atoms with Gasteiger partial charge in [-0.05, 0) is 37.1 Å². The molecule has 0 aliphatic carbocycles. The van der Waals surface area contributed by atoms with Gasteiger partial charge in [0, 0.05) is 50.1 Å². The summed E-state index contributed by atoms with van der Waals surface area (Å²) >= 11 is 1.83. The van der Waals surface area contributed by atoms with Gasteiger partial charge in [0.2, 0.25) is 5.91 Å². The van der Waals surface area contributed by atoms with E-state index >= 15 is 0 Å². The Morgan fingerprint density at radius 2 is 2.14 bits per heavy atom. The number of aliphatic carboxylic acids is 1. The molecule has 0 unspecified atom stereocenters. The summed E-state index contributed by atoms with van der Waals surface area (Å²) < 4.78 is 38.0. The van der Waals surface area contributed by atoms with Gasteiger partial charge in [-0.2, -0.15) is 13.2 Å². The Kier molecular flexibility index (Phi) is 6.85. The third kappa shape index (κ3) is 5.70. The van der Waals surface area contributed by atoms with Crippen LogP contribution in [-0.4, -0.2) is 70.8 Å². The molecule has 3 fully saturated rings. The predicted octanol–water partition coefficient (Wildman–Crippen LogP) is 3.13. The quantitative estimate of drug-likeness (QED) is 0.792. The van der Waals surface area contributed by atoms with E-state index in [0.717, 1.165) is 64.9 Å². The van der Waals surface area contributed by atoms with E-state index in [1.54, 1.807) is 0 Å². The van der Waals surface area contributed by atoms with E-state index in [1.165, 1.54) is 4.88 Å². The van der Waals surface area contributed by atoms with Gasteiger partial charge < -0.3 is 14.7 Å². The highest BCUT2D eigenvalue weighted by atomic mass is 32.1. The van der Waals surface area contributed by atoms with Crippen molar-refractivity contribution in [3.63, 3.8) is 0 Å². The second-order valence-electron chi connectivity index (χ2n) is 7.71. The SMILES string of the molecule is O=C(O)C(F)(F)F.O=C1CCCN1[C@@H]1CCO[C@]2(CCN(Cc3cccs3)C2)C1. The second-order valence-corrected chi connectivity index (χ2v) is 8.74. The van der Waals surface area contributed by atoms with E-state index in [1.807, 2.05) is 11.3 Å². The van der Waals surface area contributed by atoms with Gasteiger partial charge in [-0.1, -0.05) is 6.07 Å². The van der Waals surface area contributed by atoms with Crippen LogP contribution >= 0.6 is 11.3 Å². The summed E-state index contributed by atoms with van der Waals surface area (Å²) in [6, 6.07) is 4.74. The highest BCUT2D eigenvalue weighted by Crippen LogP contribution is 2.37. The van der Waals surface area contributed by atoms with Crippen LogP contribution in [0.5, 0.6) is 0 Å². The topological polar surface area (TPSA) is 70.1 Å². The summed E-state index contributed by atoms with van der Waals surface area (Å²) in [5, 5.41) is 9.27. The fourth-order valence-corrected chi connectivity index (χ4v) is 5.04. The van der Waals surface area contributed by atoms with Crippen molar-refractivity contribution < 1.29 is 32.6 Å². The molecule has 4 heterocycles. The Morgan fingerprint density at radius 3 is 2.72 bits per heavy atom. The number of amides is 1. The number of thiophene rings is 1. The van der Waals surface area contributed by atoms with Gasteiger partial charge in [-0.3, -0.25) is 9.69 Å². The average molecular weight is 434 g/mol. The van der Waals surface area contributed by atoms with Crippen molar-refractivity contribution >= 4 is 23.2 Å². The maximum absolute atomic E-state index is 12.0. The Balaban J connectivity index is 0.000000298. The lowest BCUT2D eigenvalue weighted by Crippen LogP contribution is -2.50. The fourth-order valence-electron chi connectivity index (χ4n) is 4.29. The van der Waals surface area contributed by atoms with Crippen molar-refractivity contribution in [3.8, 4) is 0 Å². The number of likely N-dealkylation sites (tertiary alicyclic amines) is 2. The number of carbonyl (C=O) groups is 2. The zero-order valence-electron chi connectivity index (χ0n) is 16.0. The van der Waals surface area contributed by atoms with E-state index in [4.69, 9.17) is 14.6 Å². The molecular weight excluding hydrogens is 409 g/mol. The Morgan fingerprint density at radius 1 is 1.38 bits per heavy atom. The van der Waals surface area contributed by atoms with Gasteiger partial charge in [-0.15, -0.1) is 11.3 Å². The number of carbonyl (C=O) groups excluding carboxylic acids is 1. The van der Waals surface area contributed by atoms with Crippen LogP contribution in [-0.2, 0) is 20.9 Å². The van der Waals surface area contributed by atoms with E-state index < -0.39 is 12.1 Å². The summed E-state index contributed by atoms with van der Waals surface area (Å²) in [5.41, 5.74) is -0.0109. The lowest BCUT2D eigenvalue weighted by Gasteiger charge is -2.41. The fraction of sp³-hybridized carbons (Fsp3) is 0.684. The minimum absolute atomic E-state index is 0.0109. The number of halogens is 3. The van der Waals surface area contributed by atoms with Crippen molar-refractivity contribution in [3.05, 3.63) is 22.4 Å². The molecule has 3 aliphatic heterocycles. The predicted molar refractivity (Wildman–Crippen MR) is 101 cm³/mol. The summed E-state index contributed by atoms with van der Waals surface area (Å²) in [7, 11) is 0. The number of ether oxygens (including phenoxy) is 1. The number of hydrogen-bond acceptors (Lipinski definition) is 5. The molecule has 1 N–H and O–H groups in total. The summed E-state index contributed by atoms with van der Waals surface area (Å²) in [4.78, 5) is 27.0. The van der Waals surface area contributed by atoms with Gasteiger partial charge in [0.1, 0.15) is 0 Å². The molecule has 6 nitrogen and oxygen atoms in total. The molecule has 1 aromatic rings. The molecule has 10 heteroatoms. The van der Waals surface area contributed by atoms with Crippen LogP contribution in [0, 0.1) is 0 Å². The first kappa shape index (κ1) is 22.0. The van der Waals surface area contributed by atoms with Gasteiger partial charge in [0.15, 0.2) is 0 Å². The Labute approximate surface area is 171 Å². The minimum Gasteiger partial charge on any atom is -0.475 e. The molecular formula is C19H25F3N2O4S. The van der Waals surface area contributed by atoms with E-state index in [-0.39, 0.29) is 5.60 Å². The molecule has 162 valence electrons. The number of carboxylic acid groups (broad SMARTS) is 1. The number of alkyl halides is 3. The highest BCUT2D eigenvalue weighted by molar-refractivity contribution is 7.09. The molecule has 29 heavy (non-hydrogen) atoms.